The van der Waals surface area contributed by atoms with E-state index < -0.39 is 6.04 Å². The average Bonchev–Trinajstić information content (AvgIpc) is 3.37. The van der Waals surface area contributed by atoms with Gasteiger partial charge in [0.15, 0.2) is 0 Å². The smallest absolute Gasteiger partial charge is 0.242 e. The summed E-state index contributed by atoms with van der Waals surface area (Å²) >= 11 is 0. The number of hydrogen-bond donors (Lipinski definition) is 4. The van der Waals surface area contributed by atoms with E-state index in [1.165, 1.54) is 12.1 Å². The maximum atomic E-state index is 13.1. The summed E-state index contributed by atoms with van der Waals surface area (Å²) in [6, 6.07) is 7.36. The van der Waals surface area contributed by atoms with E-state index in [1.54, 1.807) is 19.1 Å². The summed E-state index contributed by atoms with van der Waals surface area (Å²) in [5.41, 5.74) is 9.77. The Labute approximate surface area is 187 Å². The highest BCUT2D eigenvalue weighted by atomic mass is 19.1. The van der Waals surface area contributed by atoms with Gasteiger partial charge in [-0.2, -0.15) is 0 Å². The summed E-state index contributed by atoms with van der Waals surface area (Å²) in [7, 11) is 0. The first-order valence-electron chi connectivity index (χ1n) is 11.1. The molecule has 0 bridgehead atoms. The van der Waals surface area contributed by atoms with Gasteiger partial charge < -0.3 is 21.7 Å². The number of amides is 2. The molecule has 2 unspecified atom stereocenters. The second-order valence-corrected chi connectivity index (χ2v) is 8.95. The van der Waals surface area contributed by atoms with E-state index >= 15 is 0 Å². The van der Waals surface area contributed by atoms with Gasteiger partial charge in [-0.25, -0.2) is 9.37 Å². The summed E-state index contributed by atoms with van der Waals surface area (Å²) < 4.78 is 13.1. The number of aryl methyl sites for hydroxylation is 2. The standard InChI is InChI=1S/C24H30FN5O2/c1-13-9-18-19(29-22(13)26)7-8-20(18)30-23(31)14(2)28-24(32)21-11-16(12-27-21)10-15-3-5-17(25)6-4-15/h3-6,9,14,16,20-21,27H,7-8,10-12H2,1-2H3,(H2,26,29)(H,28,32)(H,30,31)/t14-,16-,20?,21?/m0/s1. The molecule has 1 aliphatic heterocycles. The minimum absolute atomic E-state index is 0.117. The van der Waals surface area contributed by atoms with Crippen LogP contribution in [-0.2, 0) is 22.4 Å². The first-order chi connectivity index (χ1) is 15.3. The third-order valence-corrected chi connectivity index (χ3v) is 6.45. The topological polar surface area (TPSA) is 109 Å². The molecule has 1 aliphatic carbocycles. The van der Waals surface area contributed by atoms with Gasteiger partial charge in [0.1, 0.15) is 17.7 Å². The van der Waals surface area contributed by atoms with Crippen molar-refractivity contribution < 1.29 is 14.0 Å². The average molecular weight is 440 g/mol. The van der Waals surface area contributed by atoms with E-state index in [1.807, 2.05) is 13.0 Å². The molecule has 1 saturated heterocycles. The summed E-state index contributed by atoms with van der Waals surface area (Å²) in [4.78, 5) is 29.8. The van der Waals surface area contributed by atoms with Gasteiger partial charge >= 0.3 is 0 Å². The third-order valence-electron chi connectivity index (χ3n) is 6.45. The van der Waals surface area contributed by atoms with Crippen molar-refractivity contribution in [2.45, 2.75) is 57.7 Å². The molecule has 4 atom stereocenters. The van der Waals surface area contributed by atoms with Gasteiger partial charge in [-0.1, -0.05) is 12.1 Å². The van der Waals surface area contributed by atoms with Gasteiger partial charge in [0, 0.05) is 5.69 Å². The van der Waals surface area contributed by atoms with Crippen molar-refractivity contribution in [3.8, 4) is 0 Å². The molecule has 8 heteroatoms. The number of nitrogens with zero attached hydrogens (tertiary/aromatic N) is 1. The highest BCUT2D eigenvalue weighted by Crippen LogP contribution is 2.32. The molecule has 5 N–H and O–H groups in total. The number of carbonyl (C=O) groups is 2. The number of rotatable bonds is 6. The number of pyridine rings is 1. The molecule has 4 rings (SSSR count). The van der Waals surface area contributed by atoms with E-state index in [2.05, 4.69) is 20.9 Å². The van der Waals surface area contributed by atoms with Gasteiger partial charge in [0.2, 0.25) is 11.8 Å². The normalized spacial score (nSPS) is 22.9. The maximum absolute atomic E-state index is 13.1. The summed E-state index contributed by atoms with van der Waals surface area (Å²) in [5, 5.41) is 9.11. The molecule has 2 heterocycles. The fourth-order valence-electron chi connectivity index (χ4n) is 4.57. The Hall–Kier alpha value is -3.00. The second-order valence-electron chi connectivity index (χ2n) is 8.95. The lowest BCUT2D eigenvalue weighted by molar-refractivity contribution is -0.129. The molecule has 0 spiro atoms. The molecule has 2 aromatic rings. The van der Waals surface area contributed by atoms with Crippen molar-refractivity contribution in [2.75, 3.05) is 12.3 Å². The van der Waals surface area contributed by atoms with Crippen molar-refractivity contribution in [2.24, 2.45) is 5.92 Å². The SMILES string of the molecule is Cc1cc2c(nc1N)CCC2NC(=O)[C@H](C)NC(=O)C1C[C@H](Cc2ccc(F)cc2)CN1. The van der Waals surface area contributed by atoms with Gasteiger partial charge in [-0.05, 0) is 86.9 Å². The number of anilines is 1. The van der Waals surface area contributed by atoms with Crippen molar-refractivity contribution in [1.82, 2.24) is 20.9 Å². The quantitative estimate of drug-likeness (QED) is 0.550. The molecule has 1 aromatic heterocycles. The van der Waals surface area contributed by atoms with Gasteiger partial charge in [0.25, 0.3) is 0 Å². The zero-order valence-electron chi connectivity index (χ0n) is 18.5. The fraction of sp³-hybridized carbons (Fsp3) is 0.458. The lowest BCUT2D eigenvalue weighted by Crippen LogP contribution is -2.50. The van der Waals surface area contributed by atoms with Crippen molar-refractivity contribution in [3.63, 3.8) is 0 Å². The number of halogens is 1. The van der Waals surface area contributed by atoms with Crippen LogP contribution in [0.1, 0.15) is 48.2 Å². The van der Waals surface area contributed by atoms with Crippen LogP contribution in [0, 0.1) is 18.7 Å². The lowest BCUT2D eigenvalue weighted by atomic mass is 9.96. The molecule has 32 heavy (non-hydrogen) atoms. The summed E-state index contributed by atoms with van der Waals surface area (Å²) in [5.74, 6) is 0.175. The van der Waals surface area contributed by atoms with Crippen LogP contribution in [0.5, 0.6) is 0 Å². The number of carbonyl (C=O) groups excluding carboxylic acids is 2. The van der Waals surface area contributed by atoms with Gasteiger partial charge in [-0.15, -0.1) is 0 Å². The minimum Gasteiger partial charge on any atom is -0.383 e. The molecule has 0 radical (unpaired) electrons. The molecular weight excluding hydrogens is 409 g/mol. The predicted molar refractivity (Wildman–Crippen MR) is 120 cm³/mol. The van der Waals surface area contributed by atoms with Crippen LogP contribution in [0.2, 0.25) is 0 Å². The Morgan fingerprint density at radius 3 is 2.81 bits per heavy atom. The molecule has 1 aromatic carbocycles. The van der Waals surface area contributed by atoms with Gasteiger partial charge in [-0.3, -0.25) is 9.59 Å². The number of nitrogens with two attached hydrogens (primary N) is 1. The number of nitrogens with one attached hydrogen (secondary N) is 3. The predicted octanol–water partition coefficient (Wildman–Crippen LogP) is 1.94. The van der Waals surface area contributed by atoms with Crippen LogP contribution in [-0.4, -0.2) is 35.4 Å². The molecular formula is C24H30FN5O2. The van der Waals surface area contributed by atoms with Crippen molar-refractivity contribution in [3.05, 3.63) is 58.5 Å². The monoisotopic (exact) mass is 439 g/mol. The number of aromatic nitrogens is 1. The lowest BCUT2D eigenvalue weighted by Gasteiger charge is -2.20. The Kier molecular flexibility index (Phi) is 6.41. The summed E-state index contributed by atoms with van der Waals surface area (Å²) in [6.07, 6.45) is 3.01. The van der Waals surface area contributed by atoms with Crippen LogP contribution in [0.15, 0.2) is 30.3 Å². The molecule has 2 aliphatic rings. The van der Waals surface area contributed by atoms with Crippen LogP contribution in [0.3, 0.4) is 0 Å². The number of fused-ring (bicyclic) bond motifs is 1. The van der Waals surface area contributed by atoms with Crippen molar-refractivity contribution in [1.29, 1.82) is 0 Å². The number of hydrogen-bond acceptors (Lipinski definition) is 5. The first kappa shape index (κ1) is 22.2. The Balaban J connectivity index is 1.27. The van der Waals surface area contributed by atoms with Gasteiger partial charge in [0.05, 0.1) is 12.1 Å². The zero-order valence-corrected chi connectivity index (χ0v) is 18.5. The zero-order chi connectivity index (χ0) is 22.8. The van der Waals surface area contributed by atoms with Crippen LogP contribution in [0.4, 0.5) is 10.2 Å². The van der Waals surface area contributed by atoms with E-state index in [0.29, 0.717) is 24.7 Å². The Bertz CT molecular complexity index is 1010. The molecule has 170 valence electrons. The largest absolute Gasteiger partial charge is 0.383 e. The highest BCUT2D eigenvalue weighted by Gasteiger charge is 2.32. The molecule has 7 nitrogen and oxygen atoms in total. The molecule has 2 amide bonds. The third kappa shape index (κ3) is 4.91. The second kappa shape index (κ2) is 9.24. The van der Waals surface area contributed by atoms with E-state index in [4.69, 9.17) is 5.73 Å². The Morgan fingerprint density at radius 2 is 2.06 bits per heavy atom. The van der Waals surface area contributed by atoms with Crippen LogP contribution in [0.25, 0.3) is 0 Å². The van der Waals surface area contributed by atoms with E-state index in [-0.39, 0.29) is 29.7 Å². The van der Waals surface area contributed by atoms with Crippen molar-refractivity contribution >= 4 is 17.6 Å². The first-order valence-corrected chi connectivity index (χ1v) is 11.1. The van der Waals surface area contributed by atoms with Crippen LogP contribution < -0.4 is 21.7 Å². The maximum Gasteiger partial charge on any atom is 0.242 e. The molecule has 0 saturated carbocycles. The fourth-order valence-corrected chi connectivity index (χ4v) is 4.57. The number of benzene rings is 1. The molecule has 1 fully saturated rings. The van der Waals surface area contributed by atoms with Crippen LogP contribution >= 0.6 is 0 Å². The Morgan fingerprint density at radius 1 is 1.31 bits per heavy atom. The summed E-state index contributed by atoms with van der Waals surface area (Å²) in [6.45, 7) is 4.31. The van der Waals surface area contributed by atoms with E-state index in [0.717, 1.165) is 41.6 Å². The van der Waals surface area contributed by atoms with E-state index in [9.17, 15) is 14.0 Å². The number of nitrogen functional groups attached to an aromatic ring is 1. The highest BCUT2D eigenvalue weighted by molar-refractivity contribution is 5.89. The minimum atomic E-state index is -0.646.